The Morgan fingerprint density at radius 2 is 1.72 bits per heavy atom. The van der Waals surface area contributed by atoms with Gasteiger partial charge in [-0.3, -0.25) is 14.3 Å². The second-order valence-corrected chi connectivity index (χ2v) is 7.16. The molecule has 32 heavy (non-hydrogen) atoms. The van der Waals surface area contributed by atoms with Crippen molar-refractivity contribution in [3.05, 3.63) is 92.8 Å². The molecular formula is C23H20N4O5. The van der Waals surface area contributed by atoms with Crippen LogP contribution in [0.25, 0.3) is 0 Å². The van der Waals surface area contributed by atoms with Gasteiger partial charge in [-0.1, -0.05) is 30.0 Å². The summed E-state index contributed by atoms with van der Waals surface area (Å²) in [6, 6.07) is 16.4. The van der Waals surface area contributed by atoms with E-state index in [0.717, 1.165) is 10.3 Å². The zero-order valence-electron chi connectivity index (χ0n) is 16.9. The highest BCUT2D eigenvalue weighted by Gasteiger charge is 2.35. The van der Waals surface area contributed by atoms with Gasteiger partial charge in [0, 0.05) is 18.2 Å². The summed E-state index contributed by atoms with van der Waals surface area (Å²) in [5.41, 5.74) is 0.821. The molecule has 0 radical (unpaired) electrons. The molecule has 2 heterocycles. The van der Waals surface area contributed by atoms with Crippen LogP contribution in [0.15, 0.2) is 80.6 Å². The molecule has 0 bridgehead atoms. The van der Waals surface area contributed by atoms with E-state index in [1.165, 1.54) is 6.20 Å². The number of benzene rings is 2. The molecule has 1 aliphatic rings. The predicted molar refractivity (Wildman–Crippen MR) is 116 cm³/mol. The van der Waals surface area contributed by atoms with Crippen molar-refractivity contribution in [2.45, 2.75) is 24.9 Å². The lowest BCUT2D eigenvalue weighted by molar-refractivity contribution is -0.0459. The standard InChI is InChI=1S/C23H20N4O5/c28-14-20-19(29)12-21(32-20)27-13-16(22(30)24-23(27)31)9-6-15-7-10-18(11-8-15)26-25-17-4-2-1-3-5-17/h1-5,7-8,10-11,13,19-21,28-29H,12,14H2,(H,24,30,31)/t19-,20+,21+/m0/s1. The molecule has 9 nitrogen and oxygen atoms in total. The number of nitrogens with one attached hydrogen (secondary N) is 1. The van der Waals surface area contributed by atoms with Crippen molar-refractivity contribution in [2.75, 3.05) is 6.61 Å². The number of aliphatic hydroxyl groups excluding tert-OH is 2. The number of azo groups is 1. The average Bonchev–Trinajstić information content (AvgIpc) is 3.19. The molecule has 9 heteroatoms. The summed E-state index contributed by atoms with van der Waals surface area (Å²) in [4.78, 5) is 26.5. The quantitative estimate of drug-likeness (QED) is 0.429. The molecule has 0 saturated carbocycles. The minimum Gasteiger partial charge on any atom is -0.394 e. The monoisotopic (exact) mass is 432 g/mol. The number of ether oxygens (including phenoxy) is 1. The van der Waals surface area contributed by atoms with Crippen molar-refractivity contribution in [1.29, 1.82) is 0 Å². The molecule has 3 aromatic rings. The summed E-state index contributed by atoms with van der Waals surface area (Å²) in [5.74, 6) is 5.64. The second-order valence-electron chi connectivity index (χ2n) is 7.16. The number of rotatable bonds is 4. The van der Waals surface area contributed by atoms with Gasteiger partial charge in [0.2, 0.25) is 0 Å². The van der Waals surface area contributed by atoms with Crippen molar-refractivity contribution in [2.24, 2.45) is 10.2 Å². The first-order valence-electron chi connectivity index (χ1n) is 9.92. The minimum absolute atomic E-state index is 0.0722. The van der Waals surface area contributed by atoms with E-state index < -0.39 is 29.7 Å². The maximum atomic E-state index is 12.2. The molecule has 0 aliphatic carbocycles. The van der Waals surface area contributed by atoms with Crippen molar-refractivity contribution in [3.8, 4) is 11.8 Å². The van der Waals surface area contributed by atoms with Gasteiger partial charge in [0.1, 0.15) is 17.9 Å². The third kappa shape index (κ3) is 4.90. The Hall–Kier alpha value is -3.84. The number of nitrogens with zero attached hydrogens (tertiary/aromatic N) is 3. The summed E-state index contributed by atoms with van der Waals surface area (Å²) < 4.78 is 6.65. The van der Waals surface area contributed by atoms with Gasteiger partial charge in [0.05, 0.1) is 24.1 Å². The fourth-order valence-corrected chi connectivity index (χ4v) is 3.20. The molecule has 0 spiro atoms. The van der Waals surface area contributed by atoms with E-state index in [1.807, 2.05) is 30.3 Å². The van der Waals surface area contributed by atoms with Crippen LogP contribution in [-0.2, 0) is 4.74 Å². The summed E-state index contributed by atoms with van der Waals surface area (Å²) in [5, 5.41) is 27.4. The molecule has 1 aliphatic heterocycles. The number of aliphatic hydroxyl groups is 2. The molecule has 162 valence electrons. The van der Waals surface area contributed by atoms with Crippen molar-refractivity contribution in [3.63, 3.8) is 0 Å². The zero-order valence-corrected chi connectivity index (χ0v) is 16.9. The van der Waals surface area contributed by atoms with Crippen LogP contribution in [0.2, 0.25) is 0 Å². The summed E-state index contributed by atoms with van der Waals surface area (Å²) in [6.45, 7) is -0.372. The van der Waals surface area contributed by atoms with Crippen LogP contribution in [0, 0.1) is 11.8 Å². The van der Waals surface area contributed by atoms with Gasteiger partial charge in [0.15, 0.2) is 0 Å². The lowest BCUT2D eigenvalue weighted by atomic mass is 10.2. The van der Waals surface area contributed by atoms with E-state index in [4.69, 9.17) is 4.74 Å². The van der Waals surface area contributed by atoms with E-state index in [0.29, 0.717) is 11.3 Å². The predicted octanol–water partition coefficient (Wildman–Crippen LogP) is 1.99. The Balaban J connectivity index is 1.53. The van der Waals surface area contributed by atoms with E-state index in [9.17, 15) is 19.8 Å². The fraction of sp³-hybridized carbons (Fsp3) is 0.217. The van der Waals surface area contributed by atoms with Gasteiger partial charge in [-0.15, -0.1) is 0 Å². The Morgan fingerprint density at radius 3 is 2.38 bits per heavy atom. The highest BCUT2D eigenvalue weighted by Crippen LogP contribution is 2.27. The van der Waals surface area contributed by atoms with Gasteiger partial charge < -0.3 is 14.9 Å². The van der Waals surface area contributed by atoms with Gasteiger partial charge in [-0.2, -0.15) is 10.2 Å². The Labute approximate surface area is 182 Å². The number of aromatic nitrogens is 2. The number of aromatic amines is 1. The van der Waals surface area contributed by atoms with Crippen molar-refractivity contribution < 1.29 is 14.9 Å². The highest BCUT2D eigenvalue weighted by atomic mass is 16.5. The third-order valence-electron chi connectivity index (χ3n) is 4.91. The molecule has 2 aromatic carbocycles. The molecule has 1 saturated heterocycles. The van der Waals surface area contributed by atoms with E-state index in [-0.39, 0.29) is 18.6 Å². The first-order valence-corrected chi connectivity index (χ1v) is 9.92. The molecule has 0 unspecified atom stereocenters. The molecule has 0 amide bonds. The zero-order chi connectivity index (χ0) is 22.5. The minimum atomic E-state index is -0.907. The number of H-pyrrole nitrogens is 1. The van der Waals surface area contributed by atoms with Crippen LogP contribution in [-0.4, -0.2) is 38.6 Å². The third-order valence-corrected chi connectivity index (χ3v) is 4.91. The van der Waals surface area contributed by atoms with Gasteiger partial charge in [-0.05, 0) is 36.4 Å². The van der Waals surface area contributed by atoms with Crippen LogP contribution >= 0.6 is 0 Å². The fourth-order valence-electron chi connectivity index (χ4n) is 3.20. The van der Waals surface area contributed by atoms with Gasteiger partial charge in [-0.25, -0.2) is 4.79 Å². The average molecular weight is 432 g/mol. The Bertz CT molecular complexity index is 1290. The SMILES string of the molecule is O=c1[nH]c(=O)n([C@H]2C[C@H](O)[C@@H](CO)O2)cc1C#Cc1ccc(N=Nc2ccccc2)cc1. The largest absolute Gasteiger partial charge is 0.394 e. The lowest BCUT2D eigenvalue weighted by Gasteiger charge is -2.14. The Kier molecular flexibility index (Phi) is 6.37. The van der Waals surface area contributed by atoms with E-state index in [1.54, 1.807) is 24.3 Å². The molecule has 3 N–H and O–H groups in total. The summed E-state index contributed by atoms with van der Waals surface area (Å²) in [6.07, 6.45) is -1.08. The molecular weight excluding hydrogens is 412 g/mol. The lowest BCUT2D eigenvalue weighted by Crippen LogP contribution is -2.33. The van der Waals surface area contributed by atoms with Crippen molar-refractivity contribution in [1.82, 2.24) is 9.55 Å². The molecule has 1 aromatic heterocycles. The van der Waals surface area contributed by atoms with Gasteiger partial charge in [0.25, 0.3) is 5.56 Å². The maximum absolute atomic E-state index is 12.2. The topological polar surface area (TPSA) is 129 Å². The molecule has 4 rings (SSSR count). The van der Waals surface area contributed by atoms with Crippen LogP contribution in [0.4, 0.5) is 11.4 Å². The van der Waals surface area contributed by atoms with Crippen LogP contribution in [0.1, 0.15) is 23.8 Å². The smallest absolute Gasteiger partial charge is 0.330 e. The second kappa shape index (κ2) is 9.53. The summed E-state index contributed by atoms with van der Waals surface area (Å²) in [7, 11) is 0. The van der Waals surface area contributed by atoms with Crippen molar-refractivity contribution >= 4 is 11.4 Å². The Morgan fingerprint density at radius 1 is 1.03 bits per heavy atom. The molecule has 1 fully saturated rings. The number of hydrogen-bond donors (Lipinski definition) is 3. The number of hydrogen-bond acceptors (Lipinski definition) is 7. The van der Waals surface area contributed by atoms with Crippen LogP contribution < -0.4 is 11.2 Å². The normalized spacial score (nSPS) is 20.2. The van der Waals surface area contributed by atoms with Gasteiger partial charge >= 0.3 is 5.69 Å². The van der Waals surface area contributed by atoms with Crippen LogP contribution in [0.5, 0.6) is 0 Å². The van der Waals surface area contributed by atoms with Crippen LogP contribution in [0.3, 0.4) is 0 Å². The first-order chi connectivity index (χ1) is 15.5. The molecule has 3 atom stereocenters. The first kappa shape index (κ1) is 21.4. The van der Waals surface area contributed by atoms with E-state index in [2.05, 4.69) is 27.1 Å². The van der Waals surface area contributed by atoms with E-state index >= 15 is 0 Å². The maximum Gasteiger partial charge on any atom is 0.330 e. The summed E-state index contributed by atoms with van der Waals surface area (Å²) >= 11 is 0. The highest BCUT2D eigenvalue weighted by molar-refractivity contribution is 5.47.